The lowest BCUT2D eigenvalue weighted by Crippen LogP contribution is -2.27. The third-order valence-corrected chi connectivity index (χ3v) is 4.33. The minimum Gasteiger partial charge on any atom is -0.468 e. The van der Waals surface area contributed by atoms with Gasteiger partial charge in [-0.1, -0.05) is 19.8 Å². The van der Waals surface area contributed by atoms with E-state index in [1.54, 1.807) is 0 Å². The van der Waals surface area contributed by atoms with Gasteiger partial charge in [0.1, 0.15) is 5.25 Å². The van der Waals surface area contributed by atoms with Gasteiger partial charge < -0.3 is 4.74 Å². The number of ether oxygens (including phenoxy) is 1. The summed E-state index contributed by atoms with van der Waals surface area (Å²) in [7, 11) is -0.540. The van der Waals surface area contributed by atoms with Crippen LogP contribution in [0.1, 0.15) is 26.2 Å². The van der Waals surface area contributed by atoms with E-state index in [2.05, 4.69) is 4.74 Å². The molecule has 3 nitrogen and oxygen atoms in total. The molecule has 19 heavy (non-hydrogen) atoms. The molecule has 0 saturated heterocycles. The van der Waals surface area contributed by atoms with Crippen molar-refractivity contribution in [3.05, 3.63) is 29.8 Å². The maximum atomic E-state index is 13.1. The Morgan fingerprint density at radius 3 is 2.58 bits per heavy atom. The van der Waals surface area contributed by atoms with Crippen LogP contribution in [0.5, 0.6) is 0 Å². The monoisotopic (exact) mass is 290 g/mol. The van der Waals surface area contributed by atoms with Crippen LogP contribution in [0, 0.1) is 11.6 Å². The molecule has 0 heterocycles. The molecule has 106 valence electrons. The summed E-state index contributed by atoms with van der Waals surface area (Å²) in [6.07, 6.45) is 1.92. The molecule has 1 rings (SSSR count). The number of methoxy groups -OCH3 is 1. The van der Waals surface area contributed by atoms with Gasteiger partial charge >= 0.3 is 5.97 Å². The lowest BCUT2D eigenvalue weighted by atomic mass is 10.2. The molecule has 0 bridgehead atoms. The summed E-state index contributed by atoms with van der Waals surface area (Å²) < 4.78 is 42.8. The van der Waals surface area contributed by atoms with Crippen LogP contribution in [0.15, 0.2) is 23.1 Å². The first-order valence-corrected chi connectivity index (χ1v) is 7.16. The average Bonchev–Trinajstić information content (AvgIpc) is 2.41. The molecule has 0 aliphatic rings. The van der Waals surface area contributed by atoms with Crippen molar-refractivity contribution in [2.45, 2.75) is 36.3 Å². The van der Waals surface area contributed by atoms with Gasteiger partial charge in [0, 0.05) is 4.90 Å². The van der Waals surface area contributed by atoms with Crippen LogP contribution in [0.4, 0.5) is 8.78 Å². The van der Waals surface area contributed by atoms with Crippen LogP contribution in [0.3, 0.4) is 0 Å². The average molecular weight is 290 g/mol. The van der Waals surface area contributed by atoms with Crippen molar-refractivity contribution in [3.63, 3.8) is 0 Å². The van der Waals surface area contributed by atoms with Crippen molar-refractivity contribution >= 4 is 16.8 Å². The van der Waals surface area contributed by atoms with Crippen LogP contribution in [0.25, 0.3) is 0 Å². The van der Waals surface area contributed by atoms with Crippen molar-refractivity contribution in [1.29, 1.82) is 0 Å². The van der Waals surface area contributed by atoms with Gasteiger partial charge in [0.2, 0.25) is 0 Å². The summed E-state index contributed by atoms with van der Waals surface area (Å²) in [5.74, 6) is -2.69. The maximum Gasteiger partial charge on any atom is 0.321 e. The van der Waals surface area contributed by atoms with E-state index in [1.807, 2.05) is 6.92 Å². The molecule has 0 amide bonds. The molecule has 2 atom stereocenters. The minimum absolute atomic E-state index is 0.0883. The highest BCUT2D eigenvalue weighted by Crippen LogP contribution is 2.19. The standard InChI is InChI=1S/C13H16F2O3S/c1-3-4-5-12(13(16)18-2)19(17)9-6-7-10(14)11(15)8-9/h6-8,12H,3-5H2,1-2H3. The number of esters is 1. The molecule has 0 radical (unpaired) electrons. The second-order valence-corrected chi connectivity index (χ2v) is 5.66. The lowest BCUT2D eigenvalue weighted by Gasteiger charge is -2.14. The van der Waals surface area contributed by atoms with Crippen molar-refractivity contribution in [1.82, 2.24) is 0 Å². The number of hydrogen-bond donors (Lipinski definition) is 0. The fraction of sp³-hybridized carbons (Fsp3) is 0.462. The fourth-order valence-corrected chi connectivity index (χ4v) is 3.00. The first kappa shape index (κ1) is 15.8. The molecule has 0 aromatic heterocycles. The summed E-state index contributed by atoms with van der Waals surface area (Å²) in [5, 5.41) is -0.852. The molecule has 0 N–H and O–H groups in total. The Balaban J connectivity index is 2.97. The molecular formula is C13H16F2O3S. The zero-order valence-electron chi connectivity index (χ0n) is 10.8. The summed E-state index contributed by atoms with van der Waals surface area (Å²) in [4.78, 5) is 11.7. The van der Waals surface area contributed by atoms with E-state index in [0.717, 1.165) is 18.6 Å². The Kier molecular flexibility index (Phi) is 6.08. The molecule has 1 aromatic carbocycles. The first-order valence-electron chi connectivity index (χ1n) is 5.94. The summed E-state index contributed by atoms with van der Waals surface area (Å²) in [6.45, 7) is 1.94. The number of carbonyl (C=O) groups excluding carboxylic acids is 1. The third-order valence-electron chi connectivity index (χ3n) is 2.67. The number of hydrogen-bond acceptors (Lipinski definition) is 3. The smallest absolute Gasteiger partial charge is 0.321 e. The number of unbranched alkanes of at least 4 members (excludes halogenated alkanes) is 1. The van der Waals surface area contributed by atoms with E-state index in [1.165, 1.54) is 13.2 Å². The largest absolute Gasteiger partial charge is 0.468 e. The quantitative estimate of drug-likeness (QED) is 0.757. The minimum atomic E-state index is -1.75. The number of benzene rings is 1. The first-order chi connectivity index (χ1) is 9.01. The predicted octanol–water partition coefficient (Wildman–Crippen LogP) is 2.80. The topological polar surface area (TPSA) is 43.4 Å². The zero-order chi connectivity index (χ0) is 14.4. The molecule has 0 spiro atoms. The molecule has 0 saturated carbocycles. The molecule has 1 aromatic rings. The van der Waals surface area contributed by atoms with Gasteiger partial charge in [-0.2, -0.15) is 0 Å². The van der Waals surface area contributed by atoms with Gasteiger partial charge in [-0.25, -0.2) is 8.78 Å². The molecule has 0 aliphatic heterocycles. The van der Waals surface area contributed by atoms with Gasteiger partial charge in [0.15, 0.2) is 11.6 Å². The van der Waals surface area contributed by atoms with Crippen LogP contribution in [-0.4, -0.2) is 22.5 Å². The summed E-state index contributed by atoms with van der Waals surface area (Å²) >= 11 is 0. The van der Waals surface area contributed by atoms with Gasteiger partial charge in [0.05, 0.1) is 17.9 Å². The van der Waals surface area contributed by atoms with Crippen LogP contribution >= 0.6 is 0 Å². The fourth-order valence-electron chi connectivity index (χ4n) is 1.60. The van der Waals surface area contributed by atoms with Crippen molar-refractivity contribution in [2.75, 3.05) is 7.11 Å². The van der Waals surface area contributed by atoms with E-state index in [4.69, 9.17) is 0 Å². The number of rotatable bonds is 6. The van der Waals surface area contributed by atoms with E-state index < -0.39 is 33.7 Å². The van der Waals surface area contributed by atoms with E-state index >= 15 is 0 Å². The Morgan fingerprint density at radius 1 is 1.37 bits per heavy atom. The zero-order valence-corrected chi connectivity index (χ0v) is 11.6. The van der Waals surface area contributed by atoms with Crippen molar-refractivity contribution < 1.29 is 22.5 Å². The van der Waals surface area contributed by atoms with E-state index in [-0.39, 0.29) is 4.90 Å². The molecule has 6 heteroatoms. The predicted molar refractivity (Wildman–Crippen MR) is 68.1 cm³/mol. The summed E-state index contributed by atoms with van der Waals surface area (Å²) in [6, 6.07) is 2.97. The highest BCUT2D eigenvalue weighted by molar-refractivity contribution is 7.86. The number of carbonyl (C=O) groups is 1. The second-order valence-electron chi connectivity index (χ2n) is 4.03. The van der Waals surface area contributed by atoms with Gasteiger partial charge in [0.25, 0.3) is 0 Å². The molecule has 2 unspecified atom stereocenters. The Morgan fingerprint density at radius 2 is 2.05 bits per heavy atom. The molecule has 0 aliphatic carbocycles. The highest BCUT2D eigenvalue weighted by atomic mass is 32.2. The van der Waals surface area contributed by atoms with Gasteiger partial charge in [-0.3, -0.25) is 9.00 Å². The van der Waals surface area contributed by atoms with Crippen molar-refractivity contribution in [3.8, 4) is 0 Å². The molecular weight excluding hydrogens is 274 g/mol. The number of halogens is 2. The van der Waals surface area contributed by atoms with Crippen LogP contribution < -0.4 is 0 Å². The van der Waals surface area contributed by atoms with Crippen molar-refractivity contribution in [2.24, 2.45) is 0 Å². The van der Waals surface area contributed by atoms with E-state index in [0.29, 0.717) is 12.8 Å². The van der Waals surface area contributed by atoms with Gasteiger partial charge in [-0.05, 0) is 24.6 Å². The lowest BCUT2D eigenvalue weighted by molar-refractivity contribution is -0.140. The maximum absolute atomic E-state index is 13.1. The van der Waals surface area contributed by atoms with Gasteiger partial charge in [-0.15, -0.1) is 0 Å². The Hall–Kier alpha value is -1.30. The van der Waals surface area contributed by atoms with E-state index in [9.17, 15) is 17.8 Å². The van der Waals surface area contributed by atoms with Crippen LogP contribution in [-0.2, 0) is 20.3 Å². The Labute approximate surface area is 113 Å². The SMILES string of the molecule is CCCCC(C(=O)OC)S(=O)c1ccc(F)c(F)c1. The second kappa shape index (κ2) is 7.33. The normalized spacial score (nSPS) is 13.9. The molecule has 0 fully saturated rings. The summed E-state index contributed by atoms with van der Waals surface area (Å²) in [5.41, 5.74) is 0. The Bertz CT molecular complexity index is 477. The third kappa shape index (κ3) is 4.09. The van der Waals surface area contributed by atoms with Crippen LogP contribution in [0.2, 0.25) is 0 Å². The highest BCUT2D eigenvalue weighted by Gasteiger charge is 2.27.